The summed E-state index contributed by atoms with van der Waals surface area (Å²) in [5, 5.41) is 14.8. The van der Waals surface area contributed by atoms with Gasteiger partial charge in [-0.25, -0.2) is 0 Å². The zero-order valence-corrected chi connectivity index (χ0v) is 9.72. The van der Waals surface area contributed by atoms with Crippen molar-refractivity contribution in [3.8, 4) is 0 Å². The third kappa shape index (κ3) is 6.86. The Kier molecular flexibility index (Phi) is 5.08. The third-order valence-corrected chi connectivity index (χ3v) is 1.61. The van der Waals surface area contributed by atoms with E-state index in [-0.39, 0.29) is 17.5 Å². The largest absolute Gasteiger partial charge is 0.392 e. The maximum atomic E-state index is 11.5. The lowest BCUT2D eigenvalue weighted by atomic mass is 10.1. The SMILES string of the molecule is CC(NC[C@@H](C)O)C(=O)NC(C)(C)C. The highest BCUT2D eigenvalue weighted by Gasteiger charge is 2.18. The molecule has 1 amide bonds. The molecule has 0 bridgehead atoms. The Labute approximate surface area is 86.1 Å². The van der Waals surface area contributed by atoms with Gasteiger partial charge in [-0.1, -0.05) is 0 Å². The van der Waals surface area contributed by atoms with Crippen LogP contribution in [0.5, 0.6) is 0 Å². The molecule has 0 fully saturated rings. The van der Waals surface area contributed by atoms with Crippen LogP contribution in [0.15, 0.2) is 0 Å². The molecule has 14 heavy (non-hydrogen) atoms. The van der Waals surface area contributed by atoms with Gasteiger partial charge in [0.1, 0.15) is 0 Å². The molecule has 0 saturated carbocycles. The highest BCUT2D eigenvalue weighted by Crippen LogP contribution is 1.99. The number of hydrogen-bond acceptors (Lipinski definition) is 3. The number of aliphatic hydroxyl groups is 1. The van der Waals surface area contributed by atoms with Crippen LogP contribution in [-0.4, -0.2) is 35.2 Å². The Hall–Kier alpha value is -0.610. The van der Waals surface area contributed by atoms with Crippen molar-refractivity contribution in [1.82, 2.24) is 10.6 Å². The van der Waals surface area contributed by atoms with Crippen molar-refractivity contribution in [2.45, 2.75) is 52.3 Å². The molecule has 0 rings (SSSR count). The van der Waals surface area contributed by atoms with E-state index in [2.05, 4.69) is 10.6 Å². The predicted molar refractivity (Wildman–Crippen MR) is 57.0 cm³/mol. The second-order valence-corrected chi connectivity index (χ2v) is 4.72. The van der Waals surface area contributed by atoms with Crippen LogP contribution in [0.4, 0.5) is 0 Å². The van der Waals surface area contributed by atoms with Gasteiger partial charge in [-0.2, -0.15) is 0 Å². The van der Waals surface area contributed by atoms with Crippen LogP contribution in [0.3, 0.4) is 0 Å². The number of amides is 1. The number of nitrogens with one attached hydrogen (secondary N) is 2. The van der Waals surface area contributed by atoms with Crippen molar-refractivity contribution < 1.29 is 9.90 Å². The lowest BCUT2D eigenvalue weighted by Gasteiger charge is -2.24. The van der Waals surface area contributed by atoms with E-state index in [1.165, 1.54) is 0 Å². The van der Waals surface area contributed by atoms with Crippen molar-refractivity contribution in [3.63, 3.8) is 0 Å². The van der Waals surface area contributed by atoms with Gasteiger partial charge in [0.05, 0.1) is 12.1 Å². The van der Waals surface area contributed by atoms with Crippen molar-refractivity contribution in [2.75, 3.05) is 6.54 Å². The van der Waals surface area contributed by atoms with Gasteiger partial charge in [0.25, 0.3) is 0 Å². The van der Waals surface area contributed by atoms with Crippen LogP contribution in [0.2, 0.25) is 0 Å². The predicted octanol–water partition coefficient (Wildman–Crippen LogP) is 0.260. The molecule has 0 aliphatic heterocycles. The topological polar surface area (TPSA) is 61.4 Å². The first kappa shape index (κ1) is 13.4. The van der Waals surface area contributed by atoms with E-state index >= 15 is 0 Å². The lowest BCUT2D eigenvalue weighted by Crippen LogP contribution is -2.50. The van der Waals surface area contributed by atoms with Gasteiger partial charge in [0.15, 0.2) is 0 Å². The molecule has 0 heterocycles. The van der Waals surface area contributed by atoms with Gasteiger partial charge in [-0.15, -0.1) is 0 Å². The number of rotatable bonds is 4. The van der Waals surface area contributed by atoms with Crippen LogP contribution < -0.4 is 10.6 Å². The Balaban J connectivity index is 3.88. The normalized spacial score (nSPS) is 16.1. The molecule has 3 N–H and O–H groups in total. The van der Waals surface area contributed by atoms with Gasteiger partial charge in [0.2, 0.25) is 5.91 Å². The molecule has 4 heteroatoms. The van der Waals surface area contributed by atoms with Gasteiger partial charge >= 0.3 is 0 Å². The first-order chi connectivity index (χ1) is 6.22. The van der Waals surface area contributed by atoms with Crippen LogP contribution in [0.25, 0.3) is 0 Å². The van der Waals surface area contributed by atoms with E-state index in [9.17, 15) is 4.79 Å². The van der Waals surface area contributed by atoms with E-state index in [1.54, 1.807) is 13.8 Å². The number of hydrogen-bond donors (Lipinski definition) is 3. The van der Waals surface area contributed by atoms with Gasteiger partial charge in [0, 0.05) is 12.1 Å². The summed E-state index contributed by atoms with van der Waals surface area (Å²) in [6, 6.07) is -0.274. The zero-order valence-electron chi connectivity index (χ0n) is 9.72. The molecule has 0 saturated heterocycles. The average molecular weight is 202 g/mol. The van der Waals surface area contributed by atoms with E-state index in [1.807, 2.05) is 20.8 Å². The fourth-order valence-electron chi connectivity index (χ4n) is 0.918. The highest BCUT2D eigenvalue weighted by molar-refractivity contribution is 5.81. The maximum Gasteiger partial charge on any atom is 0.237 e. The molecular formula is C10H22N2O2. The molecule has 4 nitrogen and oxygen atoms in total. The molecule has 0 radical (unpaired) electrons. The molecule has 0 aromatic rings. The van der Waals surface area contributed by atoms with Crippen LogP contribution in [-0.2, 0) is 4.79 Å². The molecular weight excluding hydrogens is 180 g/mol. The lowest BCUT2D eigenvalue weighted by molar-refractivity contribution is -0.124. The fourth-order valence-corrected chi connectivity index (χ4v) is 0.918. The molecule has 0 spiro atoms. The Morgan fingerprint density at radius 2 is 1.86 bits per heavy atom. The summed E-state index contributed by atoms with van der Waals surface area (Å²) in [6.45, 7) is 9.70. The second kappa shape index (κ2) is 5.32. The summed E-state index contributed by atoms with van der Waals surface area (Å²) in [7, 11) is 0. The first-order valence-electron chi connectivity index (χ1n) is 4.96. The summed E-state index contributed by atoms with van der Waals surface area (Å²) in [5.74, 6) is -0.0434. The Bertz CT molecular complexity index is 185. The van der Waals surface area contributed by atoms with E-state index < -0.39 is 6.10 Å². The van der Waals surface area contributed by atoms with Crippen LogP contribution in [0, 0.1) is 0 Å². The third-order valence-electron chi connectivity index (χ3n) is 1.61. The second-order valence-electron chi connectivity index (χ2n) is 4.72. The summed E-state index contributed by atoms with van der Waals surface area (Å²) in [6.07, 6.45) is -0.431. The van der Waals surface area contributed by atoms with Crippen LogP contribution >= 0.6 is 0 Å². The molecule has 0 aromatic carbocycles. The van der Waals surface area contributed by atoms with E-state index in [0.29, 0.717) is 6.54 Å². The molecule has 84 valence electrons. The van der Waals surface area contributed by atoms with E-state index in [4.69, 9.17) is 5.11 Å². The Morgan fingerprint density at radius 3 is 2.21 bits per heavy atom. The van der Waals surface area contributed by atoms with E-state index in [0.717, 1.165) is 0 Å². The monoisotopic (exact) mass is 202 g/mol. The fraction of sp³-hybridized carbons (Fsp3) is 0.900. The standard InChI is InChI=1S/C10H22N2O2/c1-7(13)6-11-8(2)9(14)12-10(3,4)5/h7-8,11,13H,6H2,1-5H3,(H,12,14)/t7-,8?/m1/s1. The van der Waals surface area contributed by atoms with Gasteiger partial charge < -0.3 is 15.7 Å². The molecule has 0 aliphatic rings. The smallest absolute Gasteiger partial charge is 0.237 e. The number of aliphatic hydroxyl groups excluding tert-OH is 1. The molecule has 0 aromatic heterocycles. The Morgan fingerprint density at radius 1 is 1.36 bits per heavy atom. The van der Waals surface area contributed by atoms with Gasteiger partial charge in [-0.05, 0) is 34.6 Å². The number of carbonyl (C=O) groups is 1. The van der Waals surface area contributed by atoms with Crippen molar-refractivity contribution >= 4 is 5.91 Å². The van der Waals surface area contributed by atoms with Crippen molar-refractivity contribution in [3.05, 3.63) is 0 Å². The summed E-state index contributed by atoms with van der Waals surface area (Å²) >= 11 is 0. The zero-order chi connectivity index (χ0) is 11.4. The minimum absolute atomic E-state index is 0.0434. The van der Waals surface area contributed by atoms with Crippen molar-refractivity contribution in [2.24, 2.45) is 0 Å². The van der Waals surface area contributed by atoms with Crippen LogP contribution in [0.1, 0.15) is 34.6 Å². The summed E-state index contributed by atoms with van der Waals surface area (Å²) in [4.78, 5) is 11.5. The number of carbonyl (C=O) groups excluding carboxylic acids is 1. The molecule has 0 aliphatic carbocycles. The first-order valence-corrected chi connectivity index (χ1v) is 4.96. The quantitative estimate of drug-likeness (QED) is 0.613. The molecule has 1 unspecified atom stereocenters. The minimum Gasteiger partial charge on any atom is -0.392 e. The average Bonchev–Trinajstić information content (AvgIpc) is 1.96. The van der Waals surface area contributed by atoms with Gasteiger partial charge in [-0.3, -0.25) is 4.79 Å². The summed E-state index contributed by atoms with van der Waals surface area (Å²) < 4.78 is 0. The maximum absolute atomic E-state index is 11.5. The minimum atomic E-state index is -0.431. The highest BCUT2D eigenvalue weighted by atomic mass is 16.3. The molecule has 2 atom stereocenters. The van der Waals surface area contributed by atoms with Crippen molar-refractivity contribution in [1.29, 1.82) is 0 Å². The summed E-state index contributed by atoms with van der Waals surface area (Å²) in [5.41, 5.74) is -0.210.